The molecular formula is C19H17ClFNO. The van der Waals surface area contributed by atoms with Gasteiger partial charge in [0.15, 0.2) is 0 Å². The van der Waals surface area contributed by atoms with E-state index in [4.69, 9.17) is 16.0 Å². The summed E-state index contributed by atoms with van der Waals surface area (Å²) < 4.78 is 19.0. The highest BCUT2D eigenvalue weighted by atomic mass is 35.5. The van der Waals surface area contributed by atoms with Crippen molar-refractivity contribution < 1.29 is 8.81 Å². The lowest BCUT2D eigenvalue weighted by atomic mass is 10.1. The first-order valence-electron chi connectivity index (χ1n) is 7.42. The largest absolute Gasteiger partial charge is 0.460 e. The Hall–Kier alpha value is -2.10. The Labute approximate surface area is 139 Å². The third-order valence-corrected chi connectivity index (χ3v) is 3.90. The molecule has 3 rings (SSSR count). The average Bonchev–Trinajstić information content (AvgIpc) is 3.01. The molecule has 0 spiro atoms. The van der Waals surface area contributed by atoms with Crippen LogP contribution < -0.4 is 5.32 Å². The first-order chi connectivity index (χ1) is 11.1. The molecular weight excluding hydrogens is 313 g/mol. The Balaban J connectivity index is 1.60. The summed E-state index contributed by atoms with van der Waals surface area (Å²) in [6.45, 7) is 3.48. The van der Waals surface area contributed by atoms with Crippen LogP contribution in [0.4, 0.5) is 4.39 Å². The van der Waals surface area contributed by atoms with E-state index in [1.54, 1.807) is 12.1 Å². The van der Waals surface area contributed by atoms with Crippen molar-refractivity contribution in [1.29, 1.82) is 0 Å². The maximum absolute atomic E-state index is 13.2. The smallest absolute Gasteiger partial charge is 0.141 e. The molecule has 0 aliphatic heterocycles. The van der Waals surface area contributed by atoms with Crippen LogP contribution in [0.15, 0.2) is 59.0 Å². The first kappa shape index (κ1) is 15.8. The highest BCUT2D eigenvalue weighted by molar-refractivity contribution is 6.31. The minimum atomic E-state index is -0.429. The topological polar surface area (TPSA) is 25.2 Å². The number of rotatable bonds is 5. The number of nitrogens with one attached hydrogen (secondary N) is 1. The van der Waals surface area contributed by atoms with Crippen molar-refractivity contribution in [3.8, 4) is 11.3 Å². The summed E-state index contributed by atoms with van der Waals surface area (Å²) in [6, 6.07) is 16.8. The molecule has 1 N–H and O–H groups in total. The summed E-state index contributed by atoms with van der Waals surface area (Å²) in [7, 11) is 0. The zero-order valence-electron chi connectivity index (χ0n) is 12.8. The van der Waals surface area contributed by atoms with Gasteiger partial charge >= 0.3 is 0 Å². The molecule has 0 radical (unpaired) electrons. The van der Waals surface area contributed by atoms with Crippen LogP contribution >= 0.6 is 11.6 Å². The van der Waals surface area contributed by atoms with E-state index in [1.165, 1.54) is 17.2 Å². The third-order valence-electron chi connectivity index (χ3n) is 3.61. The van der Waals surface area contributed by atoms with E-state index in [0.29, 0.717) is 12.3 Å². The molecule has 0 bridgehead atoms. The molecule has 0 fully saturated rings. The molecule has 0 aliphatic carbocycles. The molecule has 0 atom stereocenters. The molecule has 0 unspecified atom stereocenters. The van der Waals surface area contributed by atoms with E-state index in [-0.39, 0.29) is 5.02 Å². The van der Waals surface area contributed by atoms with Gasteiger partial charge in [-0.2, -0.15) is 0 Å². The summed E-state index contributed by atoms with van der Waals surface area (Å²) in [5.74, 6) is 1.08. The molecule has 23 heavy (non-hydrogen) atoms. The van der Waals surface area contributed by atoms with Crippen LogP contribution in [0.25, 0.3) is 11.3 Å². The molecule has 1 aromatic heterocycles. The van der Waals surface area contributed by atoms with E-state index in [1.807, 2.05) is 12.1 Å². The van der Waals surface area contributed by atoms with Crippen molar-refractivity contribution in [3.63, 3.8) is 0 Å². The normalized spacial score (nSPS) is 10.9. The zero-order chi connectivity index (χ0) is 16.2. The van der Waals surface area contributed by atoms with Crippen LogP contribution in [0.1, 0.15) is 16.9 Å². The monoisotopic (exact) mass is 329 g/mol. The molecule has 2 aromatic carbocycles. The first-order valence-corrected chi connectivity index (χ1v) is 7.80. The van der Waals surface area contributed by atoms with Crippen molar-refractivity contribution in [3.05, 3.63) is 82.3 Å². The molecule has 2 nitrogen and oxygen atoms in total. The summed E-state index contributed by atoms with van der Waals surface area (Å²) in [6.07, 6.45) is 0. The maximum Gasteiger partial charge on any atom is 0.141 e. The van der Waals surface area contributed by atoms with Gasteiger partial charge in [-0.3, -0.25) is 0 Å². The van der Waals surface area contributed by atoms with Crippen LogP contribution in [0.5, 0.6) is 0 Å². The quantitative estimate of drug-likeness (QED) is 0.683. The van der Waals surface area contributed by atoms with Crippen LogP contribution in [0.3, 0.4) is 0 Å². The third kappa shape index (κ3) is 4.01. The van der Waals surface area contributed by atoms with Gasteiger partial charge in [-0.05, 0) is 42.8 Å². The lowest BCUT2D eigenvalue weighted by molar-refractivity contribution is 0.493. The fraction of sp³-hybridized carbons (Fsp3) is 0.158. The maximum atomic E-state index is 13.2. The predicted molar refractivity (Wildman–Crippen MR) is 90.8 cm³/mol. The van der Waals surface area contributed by atoms with Crippen LogP contribution in [-0.2, 0) is 13.1 Å². The molecule has 4 heteroatoms. The van der Waals surface area contributed by atoms with Crippen LogP contribution in [0.2, 0.25) is 5.02 Å². The van der Waals surface area contributed by atoms with Gasteiger partial charge in [0.2, 0.25) is 0 Å². The Bertz CT molecular complexity index is 795. The van der Waals surface area contributed by atoms with Gasteiger partial charge < -0.3 is 9.73 Å². The molecule has 3 aromatic rings. The Morgan fingerprint density at radius 2 is 1.78 bits per heavy atom. The van der Waals surface area contributed by atoms with Gasteiger partial charge in [0, 0.05) is 12.1 Å². The second-order valence-corrected chi connectivity index (χ2v) is 5.89. The van der Waals surface area contributed by atoms with Gasteiger partial charge in [-0.1, -0.05) is 41.4 Å². The lowest BCUT2D eigenvalue weighted by Gasteiger charge is -2.04. The molecule has 0 saturated heterocycles. The fourth-order valence-corrected chi connectivity index (χ4v) is 2.49. The zero-order valence-corrected chi connectivity index (χ0v) is 13.5. The van der Waals surface area contributed by atoms with Crippen molar-refractivity contribution >= 4 is 11.6 Å². The molecule has 0 amide bonds. The van der Waals surface area contributed by atoms with E-state index in [9.17, 15) is 4.39 Å². The van der Waals surface area contributed by atoms with Crippen LogP contribution in [0, 0.1) is 12.7 Å². The standard InChI is InChI=1S/C19H17ClFNO/c1-13-2-4-14(5-3-13)11-22-12-16-7-9-19(23-16)15-6-8-18(21)17(20)10-15/h2-10,22H,11-12H2,1H3. The van der Waals surface area contributed by atoms with Crippen molar-refractivity contribution in [1.82, 2.24) is 5.32 Å². The number of halogens is 2. The molecule has 0 saturated carbocycles. The van der Waals surface area contributed by atoms with Gasteiger partial charge in [0.25, 0.3) is 0 Å². The predicted octanol–water partition coefficient (Wildman–Crippen LogP) is 5.34. The second-order valence-electron chi connectivity index (χ2n) is 5.48. The molecule has 1 heterocycles. The van der Waals surface area contributed by atoms with Crippen LogP contribution in [-0.4, -0.2) is 0 Å². The van der Waals surface area contributed by atoms with E-state index < -0.39 is 5.82 Å². The highest BCUT2D eigenvalue weighted by Gasteiger charge is 2.07. The fourth-order valence-electron chi connectivity index (χ4n) is 2.31. The van der Waals surface area contributed by atoms with Crippen molar-refractivity contribution in [2.24, 2.45) is 0 Å². The van der Waals surface area contributed by atoms with Gasteiger partial charge in [-0.15, -0.1) is 0 Å². The average molecular weight is 330 g/mol. The summed E-state index contributed by atoms with van der Waals surface area (Å²) in [5, 5.41) is 3.44. The summed E-state index contributed by atoms with van der Waals surface area (Å²) >= 11 is 5.80. The second kappa shape index (κ2) is 6.99. The van der Waals surface area contributed by atoms with E-state index in [0.717, 1.165) is 17.9 Å². The van der Waals surface area contributed by atoms with Crippen molar-refractivity contribution in [2.75, 3.05) is 0 Å². The Morgan fingerprint density at radius 3 is 2.52 bits per heavy atom. The van der Waals surface area contributed by atoms with E-state index >= 15 is 0 Å². The Kier molecular flexibility index (Phi) is 4.79. The SMILES string of the molecule is Cc1ccc(CNCc2ccc(-c3ccc(F)c(Cl)c3)o2)cc1. The minimum absolute atomic E-state index is 0.0953. The lowest BCUT2D eigenvalue weighted by Crippen LogP contribution is -2.11. The Morgan fingerprint density at radius 1 is 1.00 bits per heavy atom. The number of aryl methyl sites for hydroxylation is 1. The van der Waals surface area contributed by atoms with E-state index in [2.05, 4.69) is 36.5 Å². The number of hydrogen-bond donors (Lipinski definition) is 1. The number of hydrogen-bond acceptors (Lipinski definition) is 2. The van der Waals surface area contributed by atoms with Gasteiger partial charge in [-0.25, -0.2) is 4.39 Å². The number of furan rings is 1. The highest BCUT2D eigenvalue weighted by Crippen LogP contribution is 2.26. The minimum Gasteiger partial charge on any atom is -0.460 e. The van der Waals surface area contributed by atoms with Crippen molar-refractivity contribution in [2.45, 2.75) is 20.0 Å². The van der Waals surface area contributed by atoms with Gasteiger partial charge in [0.05, 0.1) is 11.6 Å². The summed E-state index contributed by atoms with van der Waals surface area (Å²) in [5.41, 5.74) is 3.25. The molecule has 118 valence electrons. The molecule has 0 aliphatic rings. The summed E-state index contributed by atoms with van der Waals surface area (Å²) in [4.78, 5) is 0. The number of benzene rings is 2. The van der Waals surface area contributed by atoms with Gasteiger partial charge in [0.1, 0.15) is 17.3 Å².